The molecule has 0 aromatic heterocycles. The quantitative estimate of drug-likeness (QED) is 0.471. The average Bonchev–Trinajstić information content (AvgIpc) is 2.80. The number of nitrogens with one attached hydrogen (secondary N) is 2. The summed E-state index contributed by atoms with van der Waals surface area (Å²) in [6.45, 7) is 1.76. The van der Waals surface area contributed by atoms with Crippen molar-refractivity contribution in [3.63, 3.8) is 0 Å². The van der Waals surface area contributed by atoms with Crippen molar-refractivity contribution in [2.24, 2.45) is 0 Å². The van der Waals surface area contributed by atoms with E-state index in [1.54, 1.807) is 50.4 Å². The van der Waals surface area contributed by atoms with Gasteiger partial charge in [0, 0.05) is 12.6 Å². The number of methoxy groups -OCH3 is 3. The number of rotatable bonds is 9. The van der Waals surface area contributed by atoms with Gasteiger partial charge in [-0.25, -0.2) is 4.79 Å². The van der Waals surface area contributed by atoms with Crippen LogP contribution in [0.1, 0.15) is 28.4 Å². The third-order valence-electron chi connectivity index (χ3n) is 4.43. The van der Waals surface area contributed by atoms with Gasteiger partial charge in [0.1, 0.15) is 23.1 Å². The van der Waals surface area contributed by atoms with E-state index in [4.69, 9.17) is 14.2 Å². The summed E-state index contributed by atoms with van der Waals surface area (Å²) in [4.78, 5) is 36.3. The first-order valence-electron chi connectivity index (χ1n) is 9.53. The molecule has 164 valence electrons. The number of carbonyl (C=O) groups is 3. The highest BCUT2D eigenvalue weighted by atomic mass is 16.5. The number of ether oxygens (including phenoxy) is 3. The fourth-order valence-corrected chi connectivity index (χ4v) is 2.69. The second kappa shape index (κ2) is 11.4. The summed E-state index contributed by atoms with van der Waals surface area (Å²) in [6.07, 6.45) is 3.00. The lowest BCUT2D eigenvalue weighted by molar-refractivity contribution is -0.126. The minimum Gasteiger partial charge on any atom is -0.497 e. The molecule has 0 radical (unpaired) electrons. The SMILES string of the molecule is COC(=O)c1cc(CNC(=O)C(C)NC(=O)/C=C/c2ccc(OC)cc2)ccc1OC. The highest BCUT2D eigenvalue weighted by Gasteiger charge is 2.16. The summed E-state index contributed by atoms with van der Waals surface area (Å²) < 4.78 is 15.0. The van der Waals surface area contributed by atoms with Crippen LogP contribution in [0.4, 0.5) is 0 Å². The Kier molecular flexibility index (Phi) is 8.63. The van der Waals surface area contributed by atoms with Crippen LogP contribution in [0.3, 0.4) is 0 Å². The molecule has 0 heterocycles. The summed E-state index contributed by atoms with van der Waals surface area (Å²) in [6, 6.07) is 11.4. The summed E-state index contributed by atoms with van der Waals surface area (Å²) in [5.74, 6) is -0.180. The Hall–Kier alpha value is -3.81. The maximum absolute atomic E-state index is 12.3. The zero-order valence-corrected chi connectivity index (χ0v) is 17.9. The Balaban J connectivity index is 1.89. The maximum Gasteiger partial charge on any atom is 0.341 e. The van der Waals surface area contributed by atoms with Gasteiger partial charge < -0.3 is 24.8 Å². The maximum atomic E-state index is 12.3. The molecule has 0 aliphatic rings. The molecule has 1 unspecified atom stereocenters. The topological polar surface area (TPSA) is 103 Å². The molecule has 0 spiro atoms. The van der Waals surface area contributed by atoms with Crippen LogP contribution in [-0.4, -0.2) is 45.2 Å². The molecule has 1 atom stereocenters. The van der Waals surface area contributed by atoms with E-state index in [2.05, 4.69) is 10.6 Å². The van der Waals surface area contributed by atoms with Crippen molar-refractivity contribution in [2.45, 2.75) is 19.5 Å². The summed E-state index contributed by atoms with van der Waals surface area (Å²) in [5.41, 5.74) is 1.78. The van der Waals surface area contributed by atoms with E-state index in [-0.39, 0.29) is 18.0 Å². The number of benzene rings is 2. The summed E-state index contributed by atoms with van der Waals surface area (Å²) in [5, 5.41) is 5.34. The fraction of sp³-hybridized carbons (Fsp3) is 0.261. The van der Waals surface area contributed by atoms with Crippen LogP contribution in [-0.2, 0) is 20.9 Å². The molecule has 8 nitrogen and oxygen atoms in total. The monoisotopic (exact) mass is 426 g/mol. The van der Waals surface area contributed by atoms with E-state index in [1.807, 2.05) is 12.1 Å². The second-order valence-corrected chi connectivity index (χ2v) is 6.58. The fourth-order valence-electron chi connectivity index (χ4n) is 2.69. The van der Waals surface area contributed by atoms with Crippen LogP contribution in [0.25, 0.3) is 6.08 Å². The van der Waals surface area contributed by atoms with Crippen molar-refractivity contribution in [1.29, 1.82) is 0 Å². The first-order valence-corrected chi connectivity index (χ1v) is 9.53. The van der Waals surface area contributed by atoms with Gasteiger partial charge in [-0.15, -0.1) is 0 Å². The molecule has 0 aliphatic carbocycles. The van der Waals surface area contributed by atoms with Gasteiger partial charge >= 0.3 is 5.97 Å². The lowest BCUT2D eigenvalue weighted by Gasteiger charge is -2.14. The van der Waals surface area contributed by atoms with Crippen molar-refractivity contribution in [1.82, 2.24) is 10.6 Å². The van der Waals surface area contributed by atoms with Gasteiger partial charge in [0.15, 0.2) is 0 Å². The van der Waals surface area contributed by atoms with Crippen molar-refractivity contribution in [3.8, 4) is 11.5 Å². The molecule has 0 fully saturated rings. The number of amides is 2. The second-order valence-electron chi connectivity index (χ2n) is 6.58. The molecule has 0 saturated carbocycles. The molecule has 8 heteroatoms. The smallest absolute Gasteiger partial charge is 0.341 e. The van der Waals surface area contributed by atoms with Crippen LogP contribution in [0.15, 0.2) is 48.5 Å². The predicted octanol–water partition coefficient (Wildman–Crippen LogP) is 2.32. The van der Waals surface area contributed by atoms with Gasteiger partial charge in [-0.1, -0.05) is 18.2 Å². The normalized spacial score (nSPS) is 11.5. The highest BCUT2D eigenvalue weighted by molar-refractivity contribution is 5.95. The Morgan fingerprint density at radius 1 is 1.00 bits per heavy atom. The van der Waals surface area contributed by atoms with E-state index in [0.29, 0.717) is 11.3 Å². The van der Waals surface area contributed by atoms with Crippen LogP contribution in [0.2, 0.25) is 0 Å². The first-order chi connectivity index (χ1) is 14.9. The molecule has 2 aromatic carbocycles. The number of hydrogen-bond donors (Lipinski definition) is 2. The van der Waals surface area contributed by atoms with Crippen LogP contribution >= 0.6 is 0 Å². The Bertz CT molecular complexity index is 953. The van der Waals surface area contributed by atoms with Gasteiger partial charge in [-0.3, -0.25) is 9.59 Å². The van der Waals surface area contributed by atoms with E-state index < -0.39 is 17.9 Å². The van der Waals surface area contributed by atoms with Gasteiger partial charge in [-0.2, -0.15) is 0 Å². The summed E-state index contributed by atoms with van der Waals surface area (Å²) >= 11 is 0. The van der Waals surface area contributed by atoms with Gasteiger partial charge in [0.25, 0.3) is 0 Å². The van der Waals surface area contributed by atoms with E-state index >= 15 is 0 Å². The van der Waals surface area contributed by atoms with Crippen LogP contribution < -0.4 is 20.1 Å². The lowest BCUT2D eigenvalue weighted by atomic mass is 10.1. The Morgan fingerprint density at radius 3 is 2.32 bits per heavy atom. The largest absolute Gasteiger partial charge is 0.497 e. The molecule has 0 saturated heterocycles. The van der Waals surface area contributed by atoms with Gasteiger partial charge in [0.05, 0.1) is 21.3 Å². The number of esters is 1. The van der Waals surface area contributed by atoms with Crippen LogP contribution in [0.5, 0.6) is 11.5 Å². The molecule has 2 amide bonds. The lowest BCUT2D eigenvalue weighted by Crippen LogP contribution is -2.44. The zero-order chi connectivity index (χ0) is 22.8. The van der Waals surface area contributed by atoms with Crippen molar-refractivity contribution in [3.05, 3.63) is 65.2 Å². The van der Waals surface area contributed by atoms with E-state index in [0.717, 1.165) is 11.3 Å². The molecule has 0 aliphatic heterocycles. The number of hydrogen-bond acceptors (Lipinski definition) is 6. The van der Waals surface area contributed by atoms with Gasteiger partial charge in [-0.05, 0) is 48.4 Å². The predicted molar refractivity (Wildman–Crippen MR) is 116 cm³/mol. The highest BCUT2D eigenvalue weighted by Crippen LogP contribution is 2.20. The molecule has 31 heavy (non-hydrogen) atoms. The average molecular weight is 426 g/mol. The van der Waals surface area contributed by atoms with Crippen molar-refractivity contribution < 1.29 is 28.6 Å². The number of carbonyl (C=O) groups excluding carboxylic acids is 3. The van der Waals surface area contributed by atoms with E-state index in [9.17, 15) is 14.4 Å². The standard InChI is InChI=1S/C23H26N2O6/c1-15(25-21(26)12-8-16-5-9-18(29-2)10-6-16)22(27)24-14-17-7-11-20(30-3)19(13-17)23(28)31-4/h5-13,15H,14H2,1-4H3,(H,24,27)(H,25,26)/b12-8+. The van der Waals surface area contributed by atoms with Crippen molar-refractivity contribution in [2.75, 3.05) is 21.3 Å². The van der Waals surface area contributed by atoms with Gasteiger partial charge in [0.2, 0.25) is 11.8 Å². The van der Waals surface area contributed by atoms with E-state index in [1.165, 1.54) is 20.3 Å². The molecular formula is C23H26N2O6. The third-order valence-corrected chi connectivity index (χ3v) is 4.43. The molecule has 2 N–H and O–H groups in total. The first kappa shape index (κ1) is 23.5. The van der Waals surface area contributed by atoms with Crippen molar-refractivity contribution >= 4 is 23.9 Å². The molecule has 0 bridgehead atoms. The van der Waals surface area contributed by atoms with Crippen LogP contribution in [0, 0.1) is 0 Å². The summed E-state index contributed by atoms with van der Waals surface area (Å²) in [7, 11) is 4.32. The molecule has 2 rings (SSSR count). The Morgan fingerprint density at radius 2 is 1.71 bits per heavy atom. The molecule has 2 aromatic rings. The molecular weight excluding hydrogens is 400 g/mol. The minimum absolute atomic E-state index is 0.175. The zero-order valence-electron chi connectivity index (χ0n) is 17.9. The third kappa shape index (κ3) is 6.88. The minimum atomic E-state index is -0.744. The Labute approximate surface area is 181 Å².